The highest BCUT2D eigenvalue weighted by molar-refractivity contribution is 5.96. The van der Waals surface area contributed by atoms with Crippen LogP contribution < -0.4 is 5.32 Å². The van der Waals surface area contributed by atoms with Gasteiger partial charge in [0.05, 0.1) is 5.92 Å². The van der Waals surface area contributed by atoms with Gasteiger partial charge in [-0.2, -0.15) is 0 Å². The van der Waals surface area contributed by atoms with E-state index in [1.165, 1.54) is 27.6 Å². The number of rotatable bonds is 5. The van der Waals surface area contributed by atoms with E-state index in [-0.39, 0.29) is 35.3 Å². The normalized spacial score (nSPS) is 24.1. The number of anilines is 1. The molecule has 4 aromatic carbocycles. The van der Waals surface area contributed by atoms with Crippen molar-refractivity contribution in [3.05, 3.63) is 124 Å². The lowest BCUT2D eigenvalue weighted by atomic mass is 9.71. The lowest BCUT2D eigenvalue weighted by Crippen LogP contribution is -2.41. The van der Waals surface area contributed by atoms with Crippen LogP contribution in [0.5, 0.6) is 0 Å². The van der Waals surface area contributed by atoms with Crippen LogP contribution in [0.15, 0.2) is 97.1 Å². The number of nitrogens with zero attached hydrogens (tertiary/aromatic N) is 1. The summed E-state index contributed by atoms with van der Waals surface area (Å²) in [5, 5.41) is 18.1. The second-order valence-electron chi connectivity index (χ2n) is 9.75. The molecule has 0 amide bonds. The highest BCUT2D eigenvalue weighted by atomic mass is 16.6. The fourth-order valence-electron chi connectivity index (χ4n) is 6.64. The molecule has 0 radical (unpaired) electrons. The summed E-state index contributed by atoms with van der Waals surface area (Å²) >= 11 is 0. The molecule has 1 N–H and O–H groups in total. The third-order valence-corrected chi connectivity index (χ3v) is 8.04. The summed E-state index contributed by atoms with van der Waals surface area (Å²) in [5.74, 6) is 0.783. The van der Waals surface area contributed by atoms with Gasteiger partial charge in [0.2, 0.25) is 6.54 Å². The van der Waals surface area contributed by atoms with Crippen molar-refractivity contribution in [1.82, 2.24) is 0 Å². The van der Waals surface area contributed by atoms with Crippen LogP contribution in [0.1, 0.15) is 41.4 Å². The van der Waals surface area contributed by atoms with Gasteiger partial charge in [0.1, 0.15) is 0 Å². The van der Waals surface area contributed by atoms with E-state index in [0.29, 0.717) is 5.92 Å². The Bertz CT molecular complexity index is 1320. The standard InChI is InChI=1S/C30H28N2O2/c33-32(34)19-27(20-9-3-1-4-10-20)24-17-18-26-28(22-12-5-2-6-13-22)25-16-15-21-11-7-8-14-23(21)29(25)31-30(24)26/h1-16,24,26-28,30-31H,17-19H2/t24-,26+,27-,28-,30-/m1/s1. The van der Waals surface area contributed by atoms with E-state index >= 15 is 0 Å². The maximum Gasteiger partial charge on any atom is 0.211 e. The molecule has 1 saturated carbocycles. The zero-order chi connectivity index (χ0) is 23.1. The monoisotopic (exact) mass is 448 g/mol. The minimum Gasteiger partial charge on any atom is -0.381 e. The second-order valence-corrected chi connectivity index (χ2v) is 9.75. The van der Waals surface area contributed by atoms with Gasteiger partial charge in [-0.25, -0.2) is 0 Å². The van der Waals surface area contributed by atoms with Crippen molar-refractivity contribution in [2.75, 3.05) is 11.9 Å². The molecule has 4 nitrogen and oxygen atoms in total. The van der Waals surface area contributed by atoms with Crippen LogP contribution in [0.3, 0.4) is 0 Å². The molecule has 0 spiro atoms. The van der Waals surface area contributed by atoms with Crippen LogP contribution in [-0.2, 0) is 0 Å². The largest absolute Gasteiger partial charge is 0.381 e. The summed E-state index contributed by atoms with van der Waals surface area (Å²) in [6.45, 7) is -0.0298. The molecular formula is C30H28N2O2. The summed E-state index contributed by atoms with van der Waals surface area (Å²) in [7, 11) is 0. The first-order valence-electron chi connectivity index (χ1n) is 12.2. The van der Waals surface area contributed by atoms with Gasteiger partial charge < -0.3 is 5.32 Å². The van der Waals surface area contributed by atoms with E-state index in [0.717, 1.165) is 18.4 Å². The maximum absolute atomic E-state index is 11.7. The number of nitrogens with one attached hydrogen (secondary N) is 1. The van der Waals surface area contributed by atoms with Crippen LogP contribution in [0.4, 0.5) is 5.69 Å². The molecule has 0 bridgehead atoms. The summed E-state index contributed by atoms with van der Waals surface area (Å²) in [6, 6.07) is 34.1. The lowest BCUT2D eigenvalue weighted by Gasteiger charge is -2.41. The second kappa shape index (κ2) is 8.60. The molecule has 1 fully saturated rings. The molecule has 0 unspecified atom stereocenters. The maximum atomic E-state index is 11.7. The third kappa shape index (κ3) is 3.54. The molecule has 4 heteroatoms. The summed E-state index contributed by atoms with van der Waals surface area (Å²) in [4.78, 5) is 11.6. The quantitative estimate of drug-likeness (QED) is 0.268. The van der Waals surface area contributed by atoms with Gasteiger partial charge in [-0.05, 0) is 46.8 Å². The van der Waals surface area contributed by atoms with Crippen molar-refractivity contribution in [2.45, 2.75) is 30.7 Å². The Morgan fingerprint density at radius 1 is 0.853 bits per heavy atom. The Kier molecular flexibility index (Phi) is 5.29. The number of benzene rings is 4. The lowest BCUT2D eigenvalue weighted by molar-refractivity contribution is -0.485. The average molecular weight is 449 g/mol. The molecule has 0 saturated heterocycles. The van der Waals surface area contributed by atoms with Crippen LogP contribution in [0.2, 0.25) is 0 Å². The van der Waals surface area contributed by atoms with Crippen molar-refractivity contribution in [3.63, 3.8) is 0 Å². The van der Waals surface area contributed by atoms with Crippen LogP contribution in [-0.4, -0.2) is 17.5 Å². The Balaban J connectivity index is 1.49. The van der Waals surface area contributed by atoms with E-state index in [1.807, 2.05) is 18.2 Å². The van der Waals surface area contributed by atoms with E-state index in [4.69, 9.17) is 0 Å². The molecule has 34 heavy (non-hydrogen) atoms. The number of fused-ring (bicyclic) bond motifs is 4. The van der Waals surface area contributed by atoms with Gasteiger partial charge in [-0.15, -0.1) is 0 Å². The first kappa shape index (κ1) is 20.9. The first-order chi connectivity index (χ1) is 16.7. The summed E-state index contributed by atoms with van der Waals surface area (Å²) < 4.78 is 0. The van der Waals surface area contributed by atoms with Gasteiger partial charge in [-0.1, -0.05) is 97.1 Å². The third-order valence-electron chi connectivity index (χ3n) is 8.04. The van der Waals surface area contributed by atoms with Crippen LogP contribution in [0.25, 0.3) is 10.8 Å². The molecule has 1 heterocycles. The van der Waals surface area contributed by atoms with E-state index in [9.17, 15) is 10.1 Å². The number of hydrogen-bond donors (Lipinski definition) is 1. The molecule has 4 aromatic rings. The highest BCUT2D eigenvalue weighted by Crippen LogP contribution is 2.54. The van der Waals surface area contributed by atoms with Crippen LogP contribution >= 0.6 is 0 Å². The van der Waals surface area contributed by atoms with Gasteiger partial charge in [0, 0.05) is 28.0 Å². The Hall–Kier alpha value is -3.66. The number of hydrogen-bond acceptors (Lipinski definition) is 3. The van der Waals surface area contributed by atoms with E-state index < -0.39 is 0 Å². The highest BCUT2D eigenvalue weighted by Gasteiger charge is 2.49. The van der Waals surface area contributed by atoms with Crippen molar-refractivity contribution >= 4 is 16.5 Å². The molecule has 0 aromatic heterocycles. The predicted octanol–water partition coefficient (Wildman–Crippen LogP) is 6.85. The molecule has 1 aliphatic carbocycles. The fourth-order valence-corrected chi connectivity index (χ4v) is 6.64. The number of nitro groups is 1. The fraction of sp³-hybridized carbons (Fsp3) is 0.267. The van der Waals surface area contributed by atoms with E-state index in [1.54, 1.807) is 0 Å². The average Bonchev–Trinajstić information content (AvgIpc) is 3.30. The SMILES string of the molecule is O=[N+]([O-])C[C@H](c1ccccc1)[C@H]1CC[C@H]2[C@H](c3ccccc3)c3ccc4ccccc4c3N[C@@H]21. The smallest absolute Gasteiger partial charge is 0.211 e. The van der Waals surface area contributed by atoms with Crippen molar-refractivity contribution in [3.8, 4) is 0 Å². The summed E-state index contributed by atoms with van der Waals surface area (Å²) in [5.41, 5.74) is 4.96. The molecule has 5 atom stereocenters. The Morgan fingerprint density at radius 2 is 1.56 bits per heavy atom. The molecular weight excluding hydrogens is 420 g/mol. The van der Waals surface area contributed by atoms with Crippen LogP contribution in [0, 0.1) is 22.0 Å². The topological polar surface area (TPSA) is 55.2 Å². The van der Waals surface area contributed by atoms with Crippen molar-refractivity contribution < 1.29 is 4.92 Å². The molecule has 170 valence electrons. The van der Waals surface area contributed by atoms with Crippen molar-refractivity contribution in [1.29, 1.82) is 0 Å². The van der Waals surface area contributed by atoms with Crippen molar-refractivity contribution in [2.24, 2.45) is 11.8 Å². The van der Waals surface area contributed by atoms with Gasteiger partial charge in [0.25, 0.3) is 0 Å². The zero-order valence-electron chi connectivity index (χ0n) is 19.0. The summed E-state index contributed by atoms with van der Waals surface area (Å²) in [6.07, 6.45) is 2.06. The van der Waals surface area contributed by atoms with Gasteiger partial charge >= 0.3 is 0 Å². The van der Waals surface area contributed by atoms with Gasteiger partial charge in [-0.3, -0.25) is 10.1 Å². The molecule has 1 aliphatic heterocycles. The van der Waals surface area contributed by atoms with E-state index in [2.05, 4.69) is 84.2 Å². The minimum absolute atomic E-state index is 0.0298. The minimum atomic E-state index is -0.133. The first-order valence-corrected chi connectivity index (χ1v) is 12.2. The predicted molar refractivity (Wildman–Crippen MR) is 137 cm³/mol. The molecule has 2 aliphatic rings. The Labute approximate surface area is 199 Å². The molecule has 6 rings (SSSR count). The van der Waals surface area contributed by atoms with Gasteiger partial charge in [0.15, 0.2) is 0 Å². The zero-order valence-corrected chi connectivity index (χ0v) is 19.0. The Morgan fingerprint density at radius 3 is 2.32 bits per heavy atom.